The standard InChI is InChI=1S/C13H18ClNO/c1-3-4-5-8-16-13-7-6-12(14)9-11(13)10-15-2/h3,6-7,9,15H,1,4-5,8,10H2,2H3. The van der Waals surface area contributed by atoms with Crippen molar-refractivity contribution in [3.8, 4) is 5.75 Å². The van der Waals surface area contributed by atoms with Crippen LogP contribution >= 0.6 is 11.6 Å². The molecule has 0 heterocycles. The largest absolute Gasteiger partial charge is 0.493 e. The van der Waals surface area contributed by atoms with E-state index in [0.29, 0.717) is 6.61 Å². The normalized spacial score (nSPS) is 10.1. The molecule has 1 rings (SSSR count). The van der Waals surface area contributed by atoms with Crippen LogP contribution in [-0.2, 0) is 6.54 Å². The van der Waals surface area contributed by atoms with Crippen LogP contribution in [0, 0.1) is 0 Å². The Hall–Kier alpha value is -0.990. The molecule has 0 aliphatic heterocycles. The second-order valence-electron chi connectivity index (χ2n) is 3.56. The third-order valence-corrected chi connectivity index (χ3v) is 2.44. The Labute approximate surface area is 102 Å². The zero-order valence-electron chi connectivity index (χ0n) is 9.63. The van der Waals surface area contributed by atoms with Gasteiger partial charge < -0.3 is 10.1 Å². The van der Waals surface area contributed by atoms with Gasteiger partial charge in [-0.1, -0.05) is 17.7 Å². The van der Waals surface area contributed by atoms with E-state index < -0.39 is 0 Å². The van der Waals surface area contributed by atoms with E-state index in [1.165, 1.54) is 0 Å². The summed E-state index contributed by atoms with van der Waals surface area (Å²) >= 11 is 5.94. The van der Waals surface area contributed by atoms with E-state index in [1.807, 2.05) is 31.3 Å². The third kappa shape index (κ3) is 4.25. The predicted molar refractivity (Wildman–Crippen MR) is 69.1 cm³/mol. The lowest BCUT2D eigenvalue weighted by Crippen LogP contribution is -2.08. The summed E-state index contributed by atoms with van der Waals surface area (Å²) in [6, 6.07) is 5.70. The van der Waals surface area contributed by atoms with E-state index >= 15 is 0 Å². The third-order valence-electron chi connectivity index (χ3n) is 2.20. The van der Waals surface area contributed by atoms with Crippen molar-refractivity contribution in [3.63, 3.8) is 0 Å². The Bertz CT molecular complexity index is 339. The quantitative estimate of drug-likeness (QED) is 0.582. The predicted octanol–water partition coefficient (Wildman–Crippen LogP) is 3.40. The van der Waals surface area contributed by atoms with Crippen molar-refractivity contribution in [2.75, 3.05) is 13.7 Å². The molecule has 88 valence electrons. The molecule has 0 radical (unpaired) electrons. The smallest absolute Gasteiger partial charge is 0.123 e. The first kappa shape index (κ1) is 13.1. The van der Waals surface area contributed by atoms with Gasteiger partial charge in [0.15, 0.2) is 0 Å². The van der Waals surface area contributed by atoms with Crippen LogP contribution in [0.15, 0.2) is 30.9 Å². The molecule has 0 spiro atoms. The fraction of sp³-hybridized carbons (Fsp3) is 0.385. The first-order valence-electron chi connectivity index (χ1n) is 5.44. The number of hydrogen-bond acceptors (Lipinski definition) is 2. The maximum Gasteiger partial charge on any atom is 0.123 e. The number of allylic oxidation sites excluding steroid dienone is 1. The van der Waals surface area contributed by atoms with Crippen molar-refractivity contribution >= 4 is 11.6 Å². The van der Waals surface area contributed by atoms with Crippen LogP contribution in [0.25, 0.3) is 0 Å². The van der Waals surface area contributed by atoms with Crippen molar-refractivity contribution in [1.29, 1.82) is 0 Å². The molecule has 3 heteroatoms. The highest BCUT2D eigenvalue weighted by Gasteiger charge is 2.03. The van der Waals surface area contributed by atoms with E-state index in [1.54, 1.807) is 0 Å². The van der Waals surface area contributed by atoms with E-state index in [4.69, 9.17) is 16.3 Å². The van der Waals surface area contributed by atoms with Gasteiger partial charge in [-0.2, -0.15) is 0 Å². The van der Waals surface area contributed by atoms with E-state index in [0.717, 1.165) is 35.7 Å². The molecular formula is C13H18ClNO. The Morgan fingerprint density at radius 1 is 1.50 bits per heavy atom. The van der Waals surface area contributed by atoms with E-state index in [2.05, 4.69) is 11.9 Å². The van der Waals surface area contributed by atoms with Gasteiger partial charge in [-0.25, -0.2) is 0 Å². The number of halogens is 1. The van der Waals surface area contributed by atoms with Gasteiger partial charge in [0.2, 0.25) is 0 Å². The monoisotopic (exact) mass is 239 g/mol. The summed E-state index contributed by atoms with van der Waals surface area (Å²) in [5.41, 5.74) is 1.09. The molecule has 0 aromatic heterocycles. The van der Waals surface area contributed by atoms with Crippen LogP contribution in [-0.4, -0.2) is 13.7 Å². The average Bonchev–Trinajstić information content (AvgIpc) is 2.27. The van der Waals surface area contributed by atoms with E-state index in [-0.39, 0.29) is 0 Å². The summed E-state index contributed by atoms with van der Waals surface area (Å²) in [5.74, 6) is 0.905. The molecule has 0 unspecified atom stereocenters. The maximum atomic E-state index is 5.94. The Morgan fingerprint density at radius 2 is 2.31 bits per heavy atom. The molecule has 0 bridgehead atoms. The van der Waals surface area contributed by atoms with Crippen molar-refractivity contribution in [1.82, 2.24) is 5.32 Å². The number of ether oxygens (including phenoxy) is 1. The second kappa shape index (κ2) is 7.31. The minimum Gasteiger partial charge on any atom is -0.493 e. The molecule has 0 fully saturated rings. The van der Waals surface area contributed by atoms with Gasteiger partial charge in [0.25, 0.3) is 0 Å². The highest BCUT2D eigenvalue weighted by atomic mass is 35.5. The Balaban J connectivity index is 2.59. The first-order chi connectivity index (χ1) is 7.77. The minimum atomic E-state index is 0.713. The summed E-state index contributed by atoms with van der Waals surface area (Å²) in [6.45, 7) is 5.15. The molecule has 0 atom stereocenters. The van der Waals surface area contributed by atoms with Crippen LogP contribution in [0.4, 0.5) is 0 Å². The fourth-order valence-electron chi connectivity index (χ4n) is 1.43. The van der Waals surface area contributed by atoms with Gasteiger partial charge in [-0.05, 0) is 38.1 Å². The topological polar surface area (TPSA) is 21.3 Å². The molecule has 1 aromatic rings. The fourth-order valence-corrected chi connectivity index (χ4v) is 1.62. The molecule has 0 aliphatic rings. The lowest BCUT2D eigenvalue weighted by atomic mass is 10.2. The van der Waals surface area contributed by atoms with Crippen LogP contribution in [0.5, 0.6) is 5.75 Å². The van der Waals surface area contributed by atoms with Crippen LogP contribution in [0.2, 0.25) is 5.02 Å². The number of hydrogen-bond donors (Lipinski definition) is 1. The molecule has 2 nitrogen and oxygen atoms in total. The summed E-state index contributed by atoms with van der Waals surface area (Å²) in [7, 11) is 1.91. The van der Waals surface area contributed by atoms with Gasteiger partial charge in [-0.15, -0.1) is 6.58 Å². The van der Waals surface area contributed by atoms with Crippen LogP contribution in [0.3, 0.4) is 0 Å². The van der Waals surface area contributed by atoms with E-state index in [9.17, 15) is 0 Å². The highest BCUT2D eigenvalue weighted by Crippen LogP contribution is 2.23. The minimum absolute atomic E-state index is 0.713. The number of nitrogens with one attached hydrogen (secondary N) is 1. The molecular weight excluding hydrogens is 222 g/mol. The number of benzene rings is 1. The summed E-state index contributed by atoms with van der Waals surface area (Å²) in [6.07, 6.45) is 3.87. The Kier molecular flexibility index (Phi) is 5.98. The molecule has 0 aliphatic carbocycles. The molecule has 0 saturated heterocycles. The van der Waals surface area contributed by atoms with Crippen LogP contribution < -0.4 is 10.1 Å². The molecule has 0 saturated carbocycles. The zero-order valence-corrected chi connectivity index (χ0v) is 10.4. The molecule has 1 aromatic carbocycles. The Morgan fingerprint density at radius 3 is 3.00 bits per heavy atom. The van der Waals surface area contributed by atoms with Gasteiger partial charge >= 0.3 is 0 Å². The van der Waals surface area contributed by atoms with Crippen LogP contribution in [0.1, 0.15) is 18.4 Å². The molecule has 1 N–H and O–H groups in total. The van der Waals surface area contributed by atoms with Gasteiger partial charge in [0, 0.05) is 17.1 Å². The first-order valence-corrected chi connectivity index (χ1v) is 5.82. The SMILES string of the molecule is C=CCCCOc1ccc(Cl)cc1CNC. The summed E-state index contributed by atoms with van der Waals surface area (Å²) in [5, 5.41) is 3.84. The summed E-state index contributed by atoms with van der Waals surface area (Å²) < 4.78 is 5.70. The molecule has 16 heavy (non-hydrogen) atoms. The average molecular weight is 240 g/mol. The van der Waals surface area contributed by atoms with Gasteiger partial charge in [0.05, 0.1) is 6.61 Å². The zero-order chi connectivity index (χ0) is 11.8. The van der Waals surface area contributed by atoms with Crippen molar-refractivity contribution in [2.45, 2.75) is 19.4 Å². The maximum absolute atomic E-state index is 5.94. The second-order valence-corrected chi connectivity index (χ2v) is 4.00. The lowest BCUT2D eigenvalue weighted by molar-refractivity contribution is 0.308. The van der Waals surface area contributed by atoms with Crippen molar-refractivity contribution < 1.29 is 4.74 Å². The molecule has 0 amide bonds. The summed E-state index contributed by atoms with van der Waals surface area (Å²) in [4.78, 5) is 0. The van der Waals surface area contributed by atoms with Gasteiger partial charge in [0.1, 0.15) is 5.75 Å². The number of unbranched alkanes of at least 4 members (excludes halogenated alkanes) is 1. The van der Waals surface area contributed by atoms with Crippen molar-refractivity contribution in [3.05, 3.63) is 41.4 Å². The van der Waals surface area contributed by atoms with Gasteiger partial charge in [-0.3, -0.25) is 0 Å². The lowest BCUT2D eigenvalue weighted by Gasteiger charge is -2.11. The number of rotatable bonds is 7. The highest BCUT2D eigenvalue weighted by molar-refractivity contribution is 6.30. The van der Waals surface area contributed by atoms with Crippen molar-refractivity contribution in [2.24, 2.45) is 0 Å².